The van der Waals surface area contributed by atoms with Crippen molar-refractivity contribution >= 4 is 37.7 Å². The van der Waals surface area contributed by atoms with Gasteiger partial charge in [0.1, 0.15) is 18.1 Å². The zero-order chi connectivity index (χ0) is 20.9. The summed E-state index contributed by atoms with van der Waals surface area (Å²) in [4.78, 5) is 14.5. The van der Waals surface area contributed by atoms with Gasteiger partial charge in [-0.15, -0.1) is 5.10 Å². The number of halogens is 1. The van der Waals surface area contributed by atoms with Crippen molar-refractivity contribution in [2.45, 2.75) is 24.7 Å². The monoisotopic (exact) mass is 435 g/mol. The maximum atomic E-state index is 14.2. The Morgan fingerprint density at radius 2 is 1.96 bits per heavy atom. The number of carbonyl (C=O) groups is 1. The number of rotatable bonds is 9. The van der Waals surface area contributed by atoms with E-state index in [9.17, 15) is 26.0 Å². The second kappa shape index (κ2) is 8.52. The quantitative estimate of drug-likeness (QED) is 0.483. The van der Waals surface area contributed by atoms with Crippen molar-refractivity contribution in [3.8, 4) is 0 Å². The molecule has 2 aromatic rings. The first-order valence-corrected chi connectivity index (χ1v) is 11.0. The van der Waals surface area contributed by atoms with E-state index in [1.54, 1.807) is 6.92 Å². The van der Waals surface area contributed by atoms with Gasteiger partial charge in [0.05, 0.1) is 23.4 Å². The second-order valence-corrected chi connectivity index (χ2v) is 9.05. The molecular weight excluding hydrogens is 417 g/mol. The average Bonchev–Trinajstić information content (AvgIpc) is 3.02. The highest BCUT2D eigenvalue weighted by molar-refractivity contribution is 7.93. The molecule has 0 aliphatic carbocycles. The molecule has 11 nitrogen and oxygen atoms in total. The Morgan fingerprint density at radius 1 is 1.25 bits per heavy atom. The highest BCUT2D eigenvalue weighted by atomic mass is 32.2. The van der Waals surface area contributed by atoms with E-state index < -0.39 is 36.7 Å². The van der Waals surface area contributed by atoms with Crippen LogP contribution in [0.25, 0.3) is 0 Å². The van der Waals surface area contributed by atoms with Gasteiger partial charge in [-0.1, -0.05) is 6.92 Å². The molecule has 0 aliphatic heterocycles. The van der Waals surface area contributed by atoms with Crippen LogP contribution in [-0.2, 0) is 36.0 Å². The Bertz CT molecular complexity index is 1070. The lowest BCUT2D eigenvalue weighted by molar-refractivity contribution is -0.139. The molecule has 3 N–H and O–H groups in total. The van der Waals surface area contributed by atoms with Crippen molar-refractivity contribution in [3.05, 3.63) is 29.8 Å². The van der Waals surface area contributed by atoms with Crippen molar-refractivity contribution < 1.29 is 30.8 Å². The average molecular weight is 435 g/mol. The van der Waals surface area contributed by atoms with Crippen molar-refractivity contribution in [1.82, 2.24) is 15.2 Å². The molecule has 0 radical (unpaired) electrons. The highest BCUT2D eigenvalue weighted by Gasteiger charge is 2.20. The number of hydrogen-bond acceptors (Lipinski definition) is 8. The molecule has 0 aliphatic rings. The van der Waals surface area contributed by atoms with Crippen LogP contribution < -0.4 is 9.44 Å². The fourth-order valence-corrected chi connectivity index (χ4v) is 4.14. The number of esters is 1. The highest BCUT2D eigenvalue weighted by Crippen LogP contribution is 2.21. The number of nitrogens with one attached hydrogen (secondary N) is 3. The Kier molecular flexibility index (Phi) is 6.56. The van der Waals surface area contributed by atoms with Gasteiger partial charge in [0, 0.05) is 0 Å². The fourth-order valence-electron chi connectivity index (χ4n) is 2.04. The van der Waals surface area contributed by atoms with Crippen molar-refractivity contribution in [2.24, 2.45) is 0 Å². The number of benzene rings is 1. The molecule has 0 atom stereocenters. The molecule has 1 heterocycles. The molecule has 0 unspecified atom stereocenters. The third-order valence-corrected chi connectivity index (χ3v) is 6.09. The van der Waals surface area contributed by atoms with E-state index in [4.69, 9.17) is 0 Å². The lowest BCUT2D eigenvalue weighted by Gasteiger charge is -2.10. The zero-order valence-corrected chi connectivity index (χ0v) is 16.5. The third-order valence-electron chi connectivity index (χ3n) is 3.29. The van der Waals surface area contributed by atoms with Crippen molar-refractivity contribution in [3.63, 3.8) is 0 Å². The number of methoxy groups -OCH3 is 1. The van der Waals surface area contributed by atoms with Gasteiger partial charge in [-0.2, -0.15) is 4.98 Å². The predicted octanol–water partition coefficient (Wildman–Crippen LogP) is 0.612. The number of sulfonamides is 2. The van der Waals surface area contributed by atoms with Crippen molar-refractivity contribution in [2.75, 3.05) is 22.3 Å². The number of ether oxygens (including phenoxy) is 1. The third kappa shape index (κ3) is 5.63. The standard InChI is InChI=1S/C14H18FN5O6S2/c1-3-6-27(22,23)19-11-5-4-9(7-10(11)15)28(24,25)20-14-16-12(17-18-14)8-13(21)26-2/h4-5,7,19H,3,6,8H2,1-2H3,(H2,16,17,18,20). The van der Waals surface area contributed by atoms with Crippen LogP contribution in [0.3, 0.4) is 0 Å². The van der Waals surface area contributed by atoms with Crippen LogP contribution in [0.1, 0.15) is 19.2 Å². The van der Waals surface area contributed by atoms with E-state index in [1.807, 2.05) is 4.72 Å². The lowest BCUT2D eigenvalue weighted by atomic mass is 10.3. The van der Waals surface area contributed by atoms with Crippen LogP contribution >= 0.6 is 0 Å². The number of aromatic amines is 1. The Morgan fingerprint density at radius 3 is 2.57 bits per heavy atom. The molecule has 14 heteroatoms. The van der Waals surface area contributed by atoms with Gasteiger partial charge in [-0.05, 0) is 24.6 Å². The fraction of sp³-hybridized carbons (Fsp3) is 0.357. The Hall–Kier alpha value is -2.74. The molecule has 0 bridgehead atoms. The van der Waals surface area contributed by atoms with Crippen LogP contribution in [-0.4, -0.2) is 50.8 Å². The summed E-state index contributed by atoms with van der Waals surface area (Å²) in [6, 6.07) is 2.68. The zero-order valence-electron chi connectivity index (χ0n) is 14.9. The molecule has 0 saturated carbocycles. The summed E-state index contributed by atoms with van der Waals surface area (Å²) in [5.41, 5.74) is -0.370. The minimum Gasteiger partial charge on any atom is -0.469 e. The first-order valence-electron chi connectivity index (χ1n) is 7.87. The van der Waals surface area contributed by atoms with E-state index in [0.29, 0.717) is 12.5 Å². The van der Waals surface area contributed by atoms with Gasteiger partial charge in [0.15, 0.2) is 0 Å². The topological polar surface area (TPSA) is 160 Å². The molecule has 2 rings (SSSR count). The summed E-state index contributed by atoms with van der Waals surface area (Å²) in [5, 5.41) is 5.97. The SMILES string of the molecule is CCCS(=O)(=O)Nc1ccc(S(=O)(=O)Nc2n[nH]c(CC(=O)OC)n2)cc1F. The van der Waals surface area contributed by atoms with E-state index in [2.05, 4.69) is 24.6 Å². The van der Waals surface area contributed by atoms with Crippen molar-refractivity contribution in [1.29, 1.82) is 0 Å². The summed E-state index contributed by atoms with van der Waals surface area (Å²) in [5.74, 6) is -2.16. The van der Waals surface area contributed by atoms with Gasteiger partial charge >= 0.3 is 5.97 Å². The molecule has 0 spiro atoms. The lowest BCUT2D eigenvalue weighted by Crippen LogP contribution is -2.18. The minimum absolute atomic E-state index is 0.0661. The summed E-state index contributed by atoms with van der Waals surface area (Å²) >= 11 is 0. The Labute approximate surface area is 160 Å². The second-order valence-electron chi connectivity index (χ2n) is 5.53. The van der Waals surface area contributed by atoms with Crippen LogP contribution in [0, 0.1) is 5.82 Å². The number of hydrogen-bond donors (Lipinski definition) is 3. The molecular formula is C14H18FN5O6S2. The summed E-state index contributed by atoms with van der Waals surface area (Å²) in [6.45, 7) is 1.65. The molecule has 0 amide bonds. The Balaban J connectivity index is 2.18. The van der Waals surface area contributed by atoms with Gasteiger partial charge in [0.25, 0.3) is 16.0 Å². The van der Waals surface area contributed by atoms with Gasteiger partial charge < -0.3 is 4.74 Å². The smallest absolute Gasteiger partial charge is 0.313 e. The predicted molar refractivity (Wildman–Crippen MR) is 97.0 cm³/mol. The van der Waals surface area contributed by atoms with Crippen LogP contribution in [0.2, 0.25) is 0 Å². The molecule has 1 aromatic carbocycles. The van der Waals surface area contributed by atoms with E-state index >= 15 is 0 Å². The number of anilines is 2. The normalized spacial score (nSPS) is 11.8. The summed E-state index contributed by atoms with van der Waals surface area (Å²) in [7, 11) is -6.80. The van der Waals surface area contributed by atoms with Gasteiger partial charge in [-0.3, -0.25) is 14.6 Å². The number of nitrogens with zero attached hydrogens (tertiary/aromatic N) is 2. The van der Waals surface area contributed by atoms with E-state index in [-0.39, 0.29) is 29.6 Å². The van der Waals surface area contributed by atoms with Crippen LogP contribution in [0.15, 0.2) is 23.1 Å². The largest absolute Gasteiger partial charge is 0.469 e. The number of H-pyrrole nitrogens is 1. The van der Waals surface area contributed by atoms with Gasteiger partial charge in [-0.25, -0.2) is 25.9 Å². The minimum atomic E-state index is -4.26. The number of aromatic nitrogens is 3. The van der Waals surface area contributed by atoms with Gasteiger partial charge in [0.2, 0.25) is 10.0 Å². The summed E-state index contributed by atoms with van der Waals surface area (Å²) in [6.07, 6.45) is 0.0917. The first-order chi connectivity index (χ1) is 13.1. The van der Waals surface area contributed by atoms with Crippen LogP contribution in [0.4, 0.5) is 16.0 Å². The molecule has 0 saturated heterocycles. The molecule has 0 fully saturated rings. The number of carbonyl (C=O) groups excluding carboxylic acids is 1. The molecule has 154 valence electrons. The first kappa shape index (κ1) is 21.6. The van der Waals surface area contributed by atoms with E-state index in [1.165, 1.54) is 7.11 Å². The van der Waals surface area contributed by atoms with E-state index in [0.717, 1.165) is 12.1 Å². The molecule has 28 heavy (non-hydrogen) atoms. The maximum absolute atomic E-state index is 14.2. The molecule has 1 aromatic heterocycles. The summed E-state index contributed by atoms with van der Waals surface area (Å²) < 4.78 is 70.8. The van der Waals surface area contributed by atoms with Crippen LogP contribution in [0.5, 0.6) is 0 Å². The maximum Gasteiger partial charge on any atom is 0.313 e.